The lowest BCUT2D eigenvalue weighted by Gasteiger charge is -2.38. The van der Waals surface area contributed by atoms with Crippen LogP contribution < -0.4 is 30.2 Å². The van der Waals surface area contributed by atoms with Crippen LogP contribution in [-0.4, -0.2) is 54.0 Å². The highest BCUT2D eigenvalue weighted by Gasteiger charge is 2.42. The third-order valence-electron chi connectivity index (χ3n) is 6.91. The molecule has 1 aliphatic carbocycles. The second-order valence-corrected chi connectivity index (χ2v) is 11.8. The summed E-state index contributed by atoms with van der Waals surface area (Å²) in [5.74, 6) is 0.273. The van der Waals surface area contributed by atoms with Crippen molar-refractivity contribution >= 4 is 57.2 Å². The number of hydrogen-bond donors (Lipinski definition) is 2. The molecule has 0 saturated carbocycles. The molecule has 0 spiro atoms. The number of allylic oxidation sites excluding steroid dienone is 3. The number of benzene rings is 1. The van der Waals surface area contributed by atoms with Crippen LogP contribution in [0.4, 0.5) is 10.8 Å². The fraction of sp³-hybridized carbons (Fsp3) is 0.286. The molecule has 0 fully saturated rings. The summed E-state index contributed by atoms with van der Waals surface area (Å²) < 4.78 is 17.1. The molecule has 1 aliphatic heterocycles. The van der Waals surface area contributed by atoms with Gasteiger partial charge in [0.15, 0.2) is 26.8 Å². The number of pyridine rings is 1. The number of carbonyl (C=O) groups is 2. The zero-order chi connectivity index (χ0) is 30.7. The second kappa shape index (κ2) is 12.9. The highest BCUT2D eigenvalue weighted by Crippen LogP contribution is 2.50. The molecule has 1 unspecified atom stereocenters. The fourth-order valence-electron chi connectivity index (χ4n) is 5.04. The molecule has 3 N–H and O–H groups in total. The summed E-state index contributed by atoms with van der Waals surface area (Å²) in [6, 6.07) is 8.92. The van der Waals surface area contributed by atoms with Crippen LogP contribution in [0.5, 0.6) is 17.2 Å². The SMILES string of the molecule is COc1cc(OC)c(C2C(C#N)=C(N)N(c3nnc(SCC(=O)Nc4cccnc4Cl)s3)C3=C2C(=O)CCC3)cc1OC. The Morgan fingerprint density at radius 1 is 1.21 bits per heavy atom. The minimum absolute atomic E-state index is 0.0439. The first kappa shape index (κ1) is 30.1. The Labute approximate surface area is 260 Å². The van der Waals surface area contributed by atoms with Crippen molar-refractivity contribution in [3.8, 4) is 23.3 Å². The van der Waals surface area contributed by atoms with Crippen molar-refractivity contribution in [2.24, 2.45) is 5.73 Å². The topological polar surface area (TPSA) is 166 Å². The Morgan fingerprint density at radius 3 is 2.65 bits per heavy atom. The first-order valence-corrected chi connectivity index (χ1v) is 15.1. The Hall–Kier alpha value is -4.32. The molecule has 2 aliphatic rings. The number of nitrogens with zero attached hydrogens (tertiary/aromatic N) is 5. The maximum Gasteiger partial charge on any atom is 0.234 e. The summed E-state index contributed by atoms with van der Waals surface area (Å²) in [6.07, 6.45) is 2.99. The van der Waals surface area contributed by atoms with Crippen LogP contribution in [0, 0.1) is 11.3 Å². The molecule has 222 valence electrons. The number of hydrogen-bond acceptors (Lipinski definition) is 13. The molecule has 12 nitrogen and oxygen atoms in total. The van der Waals surface area contributed by atoms with Gasteiger partial charge in [0.1, 0.15) is 11.6 Å². The van der Waals surface area contributed by atoms with E-state index in [1.165, 1.54) is 50.6 Å². The van der Waals surface area contributed by atoms with Crippen molar-refractivity contribution < 1.29 is 23.8 Å². The van der Waals surface area contributed by atoms with E-state index in [2.05, 4.69) is 26.6 Å². The van der Waals surface area contributed by atoms with E-state index in [9.17, 15) is 14.9 Å². The van der Waals surface area contributed by atoms with E-state index in [1.807, 2.05) is 0 Å². The highest BCUT2D eigenvalue weighted by molar-refractivity contribution is 8.01. The van der Waals surface area contributed by atoms with E-state index < -0.39 is 5.92 Å². The van der Waals surface area contributed by atoms with Gasteiger partial charge in [-0.15, -0.1) is 10.2 Å². The Morgan fingerprint density at radius 2 is 1.95 bits per heavy atom. The average molecular weight is 640 g/mol. The molecule has 1 amide bonds. The van der Waals surface area contributed by atoms with Gasteiger partial charge in [-0.05, 0) is 31.0 Å². The van der Waals surface area contributed by atoms with Gasteiger partial charge in [0.25, 0.3) is 0 Å². The molecule has 1 aromatic carbocycles. The number of ketones is 1. The van der Waals surface area contributed by atoms with Gasteiger partial charge >= 0.3 is 0 Å². The summed E-state index contributed by atoms with van der Waals surface area (Å²) >= 11 is 8.41. The number of carbonyl (C=O) groups excluding carboxylic acids is 2. The maximum atomic E-state index is 13.5. The Kier molecular flexibility index (Phi) is 9.05. The monoisotopic (exact) mass is 639 g/mol. The molecule has 0 bridgehead atoms. The van der Waals surface area contributed by atoms with Crippen molar-refractivity contribution in [1.29, 1.82) is 5.26 Å². The number of aromatic nitrogens is 3. The molecule has 43 heavy (non-hydrogen) atoms. The zero-order valence-electron chi connectivity index (χ0n) is 23.3. The summed E-state index contributed by atoms with van der Waals surface area (Å²) in [7, 11) is 4.52. The lowest BCUT2D eigenvalue weighted by molar-refractivity contribution is -0.116. The van der Waals surface area contributed by atoms with Gasteiger partial charge in [0, 0.05) is 35.5 Å². The number of anilines is 2. The van der Waals surface area contributed by atoms with Crippen LogP contribution in [-0.2, 0) is 9.59 Å². The zero-order valence-corrected chi connectivity index (χ0v) is 25.7. The minimum atomic E-state index is -0.788. The maximum absolute atomic E-state index is 13.5. The van der Waals surface area contributed by atoms with Gasteiger partial charge in [-0.25, -0.2) is 4.98 Å². The van der Waals surface area contributed by atoms with Gasteiger partial charge in [-0.2, -0.15) is 5.26 Å². The Balaban J connectivity index is 1.49. The normalized spacial score (nSPS) is 16.5. The Bertz CT molecular complexity index is 1700. The summed E-state index contributed by atoms with van der Waals surface area (Å²) in [4.78, 5) is 31.6. The molecule has 0 radical (unpaired) electrons. The van der Waals surface area contributed by atoms with E-state index in [4.69, 9.17) is 31.5 Å². The largest absolute Gasteiger partial charge is 0.496 e. The van der Waals surface area contributed by atoms with E-state index in [-0.39, 0.29) is 34.0 Å². The number of nitrogens with one attached hydrogen (secondary N) is 1. The molecule has 1 atom stereocenters. The van der Waals surface area contributed by atoms with Crippen LogP contribution in [0.2, 0.25) is 5.15 Å². The molecule has 0 saturated heterocycles. The second-order valence-electron chi connectivity index (χ2n) is 9.29. The fourth-order valence-corrected chi connectivity index (χ4v) is 6.89. The van der Waals surface area contributed by atoms with Crippen LogP contribution in [0.3, 0.4) is 0 Å². The first-order chi connectivity index (χ1) is 20.8. The van der Waals surface area contributed by atoms with E-state index in [1.54, 1.807) is 29.2 Å². The number of thioether (sulfide) groups is 1. The van der Waals surface area contributed by atoms with Gasteiger partial charge in [-0.3, -0.25) is 14.5 Å². The number of nitriles is 1. The van der Waals surface area contributed by atoms with Crippen LogP contribution in [0.1, 0.15) is 30.7 Å². The van der Waals surface area contributed by atoms with Gasteiger partial charge in [-0.1, -0.05) is 34.7 Å². The van der Waals surface area contributed by atoms with Crippen molar-refractivity contribution in [3.63, 3.8) is 0 Å². The van der Waals surface area contributed by atoms with Gasteiger partial charge in [0.05, 0.1) is 50.3 Å². The smallest absolute Gasteiger partial charge is 0.234 e. The highest BCUT2D eigenvalue weighted by atomic mass is 35.5. The van der Waals surface area contributed by atoms with Crippen molar-refractivity contribution in [1.82, 2.24) is 15.2 Å². The third-order valence-corrected chi connectivity index (χ3v) is 9.25. The van der Waals surface area contributed by atoms with E-state index >= 15 is 0 Å². The predicted molar refractivity (Wildman–Crippen MR) is 163 cm³/mol. The minimum Gasteiger partial charge on any atom is -0.496 e. The molecule has 5 rings (SSSR count). The van der Waals surface area contributed by atoms with E-state index in [0.717, 1.165) is 0 Å². The number of ether oxygens (including phenoxy) is 3. The quantitative estimate of drug-likeness (QED) is 0.246. The van der Waals surface area contributed by atoms with Gasteiger partial charge < -0.3 is 25.3 Å². The molecular weight excluding hydrogens is 614 g/mol. The summed E-state index contributed by atoms with van der Waals surface area (Å²) in [6.45, 7) is 0. The number of nitrogens with two attached hydrogens (primary N) is 1. The van der Waals surface area contributed by atoms with Crippen molar-refractivity contribution in [2.75, 3.05) is 37.3 Å². The molecule has 15 heteroatoms. The molecule has 2 aromatic heterocycles. The average Bonchev–Trinajstić information content (AvgIpc) is 3.48. The number of rotatable bonds is 9. The number of methoxy groups -OCH3 is 3. The lowest BCUT2D eigenvalue weighted by atomic mass is 9.75. The van der Waals surface area contributed by atoms with Crippen molar-refractivity contribution in [2.45, 2.75) is 29.5 Å². The van der Waals surface area contributed by atoms with Crippen LogP contribution >= 0.6 is 34.7 Å². The van der Waals surface area contributed by atoms with E-state index in [0.29, 0.717) is 68.5 Å². The third kappa shape index (κ3) is 5.83. The molecule has 3 heterocycles. The number of Topliss-reactive ketones (excluding diaryl/α,β-unsaturated/α-hetero) is 1. The van der Waals surface area contributed by atoms with Gasteiger partial charge in [0.2, 0.25) is 11.0 Å². The van der Waals surface area contributed by atoms with Crippen LogP contribution in [0.25, 0.3) is 0 Å². The number of halogens is 1. The summed E-state index contributed by atoms with van der Waals surface area (Å²) in [5, 5.41) is 22.2. The van der Waals surface area contributed by atoms with Crippen LogP contribution in [0.15, 0.2) is 57.5 Å². The molecule has 3 aromatic rings. The summed E-state index contributed by atoms with van der Waals surface area (Å²) in [5.41, 5.74) is 8.90. The molecular formula is C28H26ClN7O5S2. The van der Waals surface area contributed by atoms with Crippen molar-refractivity contribution in [3.05, 3.63) is 63.8 Å². The number of amides is 1. The standard InChI is InChI=1S/C28H26ClN7O5S2/c1-39-19-11-21(41-3)20(40-2)10-14(19)23-15(12-30)26(31)36(17-7-4-8-18(37)24(17)23)27-34-35-28(43-27)42-13-22(38)33-16-6-5-9-32-25(16)29/h5-6,9-11,23H,4,7-8,13,31H2,1-3H3,(H,33,38). The first-order valence-electron chi connectivity index (χ1n) is 12.9. The predicted octanol–water partition coefficient (Wildman–Crippen LogP) is 4.65. The lowest BCUT2D eigenvalue weighted by Crippen LogP contribution is -2.38.